The van der Waals surface area contributed by atoms with Gasteiger partial charge in [0.15, 0.2) is 0 Å². The molecule has 0 bridgehead atoms. The third-order valence-electron chi connectivity index (χ3n) is 4.53. The fraction of sp³-hybridized carbons (Fsp3) is 0.318. The molecule has 152 valence electrons. The summed E-state index contributed by atoms with van der Waals surface area (Å²) in [7, 11) is 0. The summed E-state index contributed by atoms with van der Waals surface area (Å²) in [5, 5.41) is 5.37. The molecule has 0 saturated heterocycles. The number of carbonyl (C=O) groups excluding carboxylic acids is 3. The third-order valence-corrected chi connectivity index (χ3v) is 4.53. The van der Waals surface area contributed by atoms with E-state index in [0.29, 0.717) is 11.4 Å². The van der Waals surface area contributed by atoms with Crippen molar-refractivity contribution in [2.75, 3.05) is 16.8 Å². The Morgan fingerprint density at radius 1 is 1.10 bits per heavy atom. The van der Waals surface area contributed by atoms with Gasteiger partial charge < -0.3 is 20.3 Å². The number of para-hydroxylation sites is 2. The molecule has 1 heterocycles. The molecule has 0 aliphatic carbocycles. The molecule has 2 aromatic rings. The summed E-state index contributed by atoms with van der Waals surface area (Å²) < 4.78 is 5.23. The number of nitrogens with zero attached hydrogens (tertiary/aromatic N) is 1. The van der Waals surface area contributed by atoms with Gasteiger partial charge in [-0.15, -0.1) is 0 Å². The van der Waals surface area contributed by atoms with Crippen LogP contribution in [0.3, 0.4) is 0 Å². The molecule has 29 heavy (non-hydrogen) atoms. The first kappa shape index (κ1) is 20.4. The van der Waals surface area contributed by atoms with Crippen LogP contribution in [0.5, 0.6) is 0 Å². The van der Waals surface area contributed by atoms with Crippen molar-refractivity contribution in [3.8, 4) is 0 Å². The minimum absolute atomic E-state index is 0.0133. The summed E-state index contributed by atoms with van der Waals surface area (Å²) in [6.07, 6.45) is -0.719. The normalized spacial score (nSPS) is 16.3. The van der Waals surface area contributed by atoms with Gasteiger partial charge >= 0.3 is 6.09 Å². The van der Waals surface area contributed by atoms with Gasteiger partial charge in [0.2, 0.25) is 11.8 Å². The van der Waals surface area contributed by atoms with Crippen molar-refractivity contribution in [1.82, 2.24) is 5.32 Å². The Morgan fingerprint density at radius 3 is 2.45 bits per heavy atom. The van der Waals surface area contributed by atoms with Gasteiger partial charge in [0.05, 0.1) is 17.9 Å². The molecule has 0 radical (unpaired) electrons. The highest BCUT2D eigenvalue weighted by Gasteiger charge is 2.36. The number of fused-ring (bicyclic) bond motifs is 1. The molecule has 0 saturated carbocycles. The number of alkyl carbamates (subject to hydrolysis) is 1. The van der Waals surface area contributed by atoms with Gasteiger partial charge in [0.25, 0.3) is 0 Å². The van der Waals surface area contributed by atoms with Gasteiger partial charge in [-0.25, -0.2) is 4.79 Å². The number of benzene rings is 2. The van der Waals surface area contributed by atoms with Gasteiger partial charge in [-0.3, -0.25) is 9.59 Å². The monoisotopic (exact) mass is 395 g/mol. The smallest absolute Gasteiger partial charge is 0.408 e. The summed E-state index contributed by atoms with van der Waals surface area (Å²) in [4.78, 5) is 39.5. The number of carbonyl (C=O) groups is 3. The molecule has 2 aromatic carbocycles. The molecule has 1 aliphatic heterocycles. The maximum atomic E-state index is 13.0. The summed E-state index contributed by atoms with van der Waals surface area (Å²) in [6, 6.07) is 15.4. The number of rotatable bonds is 3. The Kier molecular flexibility index (Phi) is 5.87. The Labute approximate surface area is 170 Å². The number of amides is 3. The molecular formula is C22H25N3O4. The van der Waals surface area contributed by atoms with Crippen molar-refractivity contribution in [3.63, 3.8) is 0 Å². The van der Waals surface area contributed by atoms with Crippen LogP contribution in [0.4, 0.5) is 16.2 Å². The molecule has 1 unspecified atom stereocenters. The van der Waals surface area contributed by atoms with Crippen LogP contribution in [-0.2, 0) is 20.9 Å². The average molecular weight is 395 g/mol. The summed E-state index contributed by atoms with van der Waals surface area (Å²) in [6.45, 7) is 5.54. The van der Waals surface area contributed by atoms with E-state index in [4.69, 9.17) is 4.74 Å². The van der Waals surface area contributed by atoms with E-state index in [9.17, 15) is 14.4 Å². The number of ether oxygens (including phenoxy) is 1. The topological polar surface area (TPSA) is 87.7 Å². The number of anilines is 2. The highest BCUT2D eigenvalue weighted by molar-refractivity contribution is 6.07. The van der Waals surface area contributed by atoms with Crippen molar-refractivity contribution >= 4 is 29.3 Å². The lowest BCUT2D eigenvalue weighted by atomic mass is 9.94. The minimum atomic E-state index is -0.947. The van der Waals surface area contributed by atoms with E-state index >= 15 is 0 Å². The van der Waals surface area contributed by atoms with E-state index < -0.39 is 23.5 Å². The lowest BCUT2D eigenvalue weighted by Crippen LogP contribution is -2.52. The Hall–Kier alpha value is -3.35. The zero-order valence-electron chi connectivity index (χ0n) is 16.8. The van der Waals surface area contributed by atoms with Gasteiger partial charge in [0.1, 0.15) is 12.6 Å². The highest BCUT2D eigenvalue weighted by Crippen LogP contribution is 2.32. The fourth-order valence-electron chi connectivity index (χ4n) is 3.01. The van der Waals surface area contributed by atoms with Crippen LogP contribution >= 0.6 is 0 Å². The minimum Gasteiger partial charge on any atom is -0.445 e. The van der Waals surface area contributed by atoms with Crippen LogP contribution in [-0.4, -0.2) is 30.5 Å². The van der Waals surface area contributed by atoms with Crippen molar-refractivity contribution < 1.29 is 19.1 Å². The van der Waals surface area contributed by atoms with Gasteiger partial charge in [0, 0.05) is 5.41 Å². The summed E-state index contributed by atoms with van der Waals surface area (Å²) in [5.74, 6) is -0.552. The first-order valence-electron chi connectivity index (χ1n) is 9.45. The van der Waals surface area contributed by atoms with Gasteiger partial charge in [-0.2, -0.15) is 0 Å². The summed E-state index contributed by atoms with van der Waals surface area (Å²) >= 11 is 0. The second-order valence-electron chi connectivity index (χ2n) is 7.93. The van der Waals surface area contributed by atoms with Crippen molar-refractivity contribution in [2.45, 2.75) is 33.4 Å². The van der Waals surface area contributed by atoms with E-state index in [0.717, 1.165) is 5.56 Å². The fourth-order valence-corrected chi connectivity index (χ4v) is 3.01. The predicted molar refractivity (Wildman–Crippen MR) is 110 cm³/mol. The first-order valence-corrected chi connectivity index (χ1v) is 9.45. The molecule has 0 spiro atoms. The van der Waals surface area contributed by atoms with Gasteiger partial charge in [-0.05, 0) is 17.7 Å². The number of hydrogen-bond acceptors (Lipinski definition) is 4. The lowest BCUT2D eigenvalue weighted by molar-refractivity contribution is -0.126. The second kappa shape index (κ2) is 8.34. The van der Waals surface area contributed by atoms with Gasteiger partial charge in [-0.1, -0.05) is 63.2 Å². The Bertz CT molecular complexity index is 906. The van der Waals surface area contributed by atoms with Crippen LogP contribution in [0.15, 0.2) is 54.6 Å². The third kappa shape index (κ3) is 4.93. The molecule has 2 N–H and O–H groups in total. The van der Waals surface area contributed by atoms with Crippen molar-refractivity contribution in [1.29, 1.82) is 0 Å². The molecule has 7 nitrogen and oxygen atoms in total. The second-order valence-corrected chi connectivity index (χ2v) is 7.93. The van der Waals surface area contributed by atoms with Crippen molar-refractivity contribution in [2.24, 2.45) is 5.41 Å². The Morgan fingerprint density at radius 2 is 1.76 bits per heavy atom. The molecule has 3 rings (SSSR count). The average Bonchev–Trinajstić information content (AvgIpc) is 2.82. The highest BCUT2D eigenvalue weighted by atomic mass is 16.5. The SMILES string of the molecule is CC(C)(C)C(=O)N1CC(NC(=O)OCc2ccccc2)C(=O)Nc2ccccc21. The molecule has 0 fully saturated rings. The van der Waals surface area contributed by atoms with Crippen LogP contribution in [0.2, 0.25) is 0 Å². The first-order chi connectivity index (χ1) is 13.8. The van der Waals surface area contributed by atoms with E-state index in [2.05, 4.69) is 10.6 Å². The molecular weight excluding hydrogens is 370 g/mol. The van der Waals surface area contributed by atoms with E-state index in [-0.39, 0.29) is 19.1 Å². The predicted octanol–water partition coefficient (Wildman–Crippen LogP) is 3.31. The number of hydrogen-bond donors (Lipinski definition) is 2. The summed E-state index contributed by atoms with van der Waals surface area (Å²) in [5.41, 5.74) is 1.31. The zero-order chi connectivity index (χ0) is 21.0. The number of nitrogens with one attached hydrogen (secondary N) is 2. The maximum Gasteiger partial charge on any atom is 0.408 e. The maximum absolute atomic E-state index is 13.0. The quantitative estimate of drug-likeness (QED) is 0.835. The molecule has 3 amide bonds. The van der Waals surface area contributed by atoms with E-state index in [1.54, 1.807) is 24.3 Å². The van der Waals surface area contributed by atoms with Crippen LogP contribution < -0.4 is 15.5 Å². The molecule has 1 aliphatic rings. The largest absolute Gasteiger partial charge is 0.445 e. The van der Waals surface area contributed by atoms with Crippen LogP contribution in [0.25, 0.3) is 0 Å². The van der Waals surface area contributed by atoms with E-state index in [1.165, 1.54) is 4.90 Å². The Balaban J connectivity index is 1.76. The lowest BCUT2D eigenvalue weighted by Gasteiger charge is -2.30. The van der Waals surface area contributed by atoms with Crippen LogP contribution in [0.1, 0.15) is 26.3 Å². The standard InChI is InChI=1S/C22H25N3O4/c1-22(2,3)20(27)25-13-17(19(26)23-16-11-7-8-12-18(16)25)24-21(28)29-14-15-9-5-4-6-10-15/h4-12,17H,13-14H2,1-3H3,(H,23,26)(H,24,28). The molecule has 0 aromatic heterocycles. The van der Waals surface area contributed by atoms with Crippen molar-refractivity contribution in [3.05, 3.63) is 60.2 Å². The van der Waals surface area contributed by atoms with E-state index in [1.807, 2.05) is 51.1 Å². The molecule has 7 heteroatoms. The van der Waals surface area contributed by atoms with Crippen LogP contribution in [0, 0.1) is 5.41 Å². The molecule has 1 atom stereocenters. The zero-order valence-corrected chi connectivity index (χ0v) is 16.8.